The summed E-state index contributed by atoms with van der Waals surface area (Å²) in [5, 5.41) is 0.995. The average Bonchev–Trinajstić information content (AvgIpc) is 2.76. The molecule has 6 heteroatoms. The van der Waals surface area contributed by atoms with Crippen LogP contribution >= 0.6 is 11.5 Å². The van der Waals surface area contributed by atoms with Crippen LogP contribution in [0.5, 0.6) is 0 Å². The van der Waals surface area contributed by atoms with Crippen LogP contribution in [-0.4, -0.2) is 47.0 Å². The zero-order valence-electron chi connectivity index (χ0n) is 10.2. The average molecular weight is 253 g/mol. The van der Waals surface area contributed by atoms with Gasteiger partial charge >= 0.3 is 0 Å². The van der Waals surface area contributed by atoms with Crippen molar-refractivity contribution in [2.24, 2.45) is 5.92 Å². The van der Waals surface area contributed by atoms with E-state index in [1.165, 1.54) is 37.3 Å². The van der Waals surface area contributed by atoms with Crippen molar-refractivity contribution >= 4 is 22.6 Å². The van der Waals surface area contributed by atoms with Crippen LogP contribution < -0.4 is 10.6 Å². The Bertz CT molecular complexity index is 393. The van der Waals surface area contributed by atoms with Crippen LogP contribution in [0.15, 0.2) is 0 Å². The predicted octanol–water partition coefficient (Wildman–Crippen LogP) is 1.04. The highest BCUT2D eigenvalue weighted by atomic mass is 32.1. The molecule has 2 unspecified atom stereocenters. The molecule has 0 spiro atoms. The number of hydrogen-bond acceptors (Lipinski definition) is 6. The third-order valence-electron chi connectivity index (χ3n) is 4.05. The minimum absolute atomic E-state index is 0.410. The molecule has 17 heavy (non-hydrogen) atoms. The van der Waals surface area contributed by atoms with Gasteiger partial charge in [-0.15, -0.1) is 0 Å². The van der Waals surface area contributed by atoms with Crippen molar-refractivity contribution in [3.05, 3.63) is 0 Å². The molecular formula is C11H19N5S. The van der Waals surface area contributed by atoms with Gasteiger partial charge in [0.05, 0.1) is 0 Å². The highest BCUT2D eigenvalue weighted by Gasteiger charge is 2.34. The van der Waals surface area contributed by atoms with Gasteiger partial charge in [-0.1, -0.05) is 0 Å². The first-order chi connectivity index (χ1) is 8.24. The Kier molecular flexibility index (Phi) is 2.92. The lowest BCUT2D eigenvalue weighted by atomic mass is 9.84. The molecule has 2 aliphatic heterocycles. The van der Waals surface area contributed by atoms with Crippen LogP contribution in [0.2, 0.25) is 0 Å². The van der Waals surface area contributed by atoms with E-state index in [0.29, 0.717) is 5.95 Å². The molecule has 2 N–H and O–H groups in total. The van der Waals surface area contributed by atoms with Gasteiger partial charge in [-0.2, -0.15) is 9.36 Å². The predicted molar refractivity (Wildman–Crippen MR) is 70.3 cm³/mol. The van der Waals surface area contributed by atoms with Gasteiger partial charge in [0.15, 0.2) is 0 Å². The topological polar surface area (TPSA) is 58.3 Å². The van der Waals surface area contributed by atoms with Crippen molar-refractivity contribution in [2.75, 3.05) is 37.3 Å². The lowest BCUT2D eigenvalue weighted by molar-refractivity contribution is 0.102. The molecule has 0 amide bonds. The smallest absolute Gasteiger partial charge is 0.233 e. The first-order valence-corrected chi connectivity index (χ1v) is 7.06. The van der Waals surface area contributed by atoms with Crippen molar-refractivity contribution in [2.45, 2.75) is 25.3 Å². The van der Waals surface area contributed by atoms with Gasteiger partial charge in [0.1, 0.15) is 0 Å². The number of nitrogens with zero attached hydrogens (tertiary/aromatic N) is 4. The zero-order chi connectivity index (χ0) is 11.8. The third kappa shape index (κ3) is 2.11. The number of anilines is 2. The van der Waals surface area contributed by atoms with Crippen molar-refractivity contribution < 1.29 is 0 Å². The Morgan fingerprint density at radius 2 is 2.24 bits per heavy atom. The molecule has 94 valence electrons. The number of rotatable bonds is 1. The van der Waals surface area contributed by atoms with E-state index in [1.807, 2.05) is 0 Å². The summed E-state index contributed by atoms with van der Waals surface area (Å²) in [7, 11) is 2.26. The fourth-order valence-corrected chi connectivity index (χ4v) is 3.81. The Morgan fingerprint density at radius 3 is 3.00 bits per heavy atom. The van der Waals surface area contributed by atoms with E-state index in [0.717, 1.165) is 30.2 Å². The monoisotopic (exact) mass is 253 g/mol. The quantitative estimate of drug-likeness (QED) is 0.810. The largest absolute Gasteiger partial charge is 0.367 e. The summed E-state index contributed by atoms with van der Waals surface area (Å²) in [4.78, 5) is 9.17. The number of aromatic nitrogens is 2. The molecule has 2 atom stereocenters. The van der Waals surface area contributed by atoms with E-state index in [-0.39, 0.29) is 0 Å². The maximum Gasteiger partial charge on any atom is 0.233 e. The van der Waals surface area contributed by atoms with Crippen LogP contribution in [0.4, 0.5) is 11.1 Å². The van der Waals surface area contributed by atoms with Crippen LogP contribution in [0.3, 0.4) is 0 Å². The fourth-order valence-electron chi connectivity index (χ4n) is 3.18. The van der Waals surface area contributed by atoms with E-state index in [9.17, 15) is 0 Å². The number of fused-ring (bicyclic) bond motifs is 1. The lowest BCUT2D eigenvalue weighted by Crippen LogP contribution is -2.52. The molecular weight excluding hydrogens is 234 g/mol. The summed E-state index contributed by atoms with van der Waals surface area (Å²) < 4.78 is 4.07. The number of likely N-dealkylation sites (tertiary alicyclic amines) is 1. The molecule has 3 rings (SSSR count). The number of piperidine rings is 2. The Balaban J connectivity index is 1.71. The van der Waals surface area contributed by atoms with Gasteiger partial charge in [0.25, 0.3) is 0 Å². The normalized spacial score (nSPS) is 30.3. The molecule has 3 heterocycles. The Morgan fingerprint density at radius 1 is 1.35 bits per heavy atom. The van der Waals surface area contributed by atoms with Gasteiger partial charge in [0.2, 0.25) is 11.1 Å². The van der Waals surface area contributed by atoms with Crippen LogP contribution in [-0.2, 0) is 0 Å². The molecule has 0 bridgehead atoms. The van der Waals surface area contributed by atoms with Crippen molar-refractivity contribution in [1.82, 2.24) is 14.3 Å². The maximum absolute atomic E-state index is 5.59. The Labute approximate surface area is 106 Å². The molecule has 2 fully saturated rings. The van der Waals surface area contributed by atoms with Gasteiger partial charge in [-0.05, 0) is 38.8 Å². The number of nitrogens with two attached hydrogens (primary N) is 1. The number of hydrogen-bond donors (Lipinski definition) is 1. The van der Waals surface area contributed by atoms with Crippen LogP contribution in [0.25, 0.3) is 0 Å². The first kappa shape index (κ1) is 11.2. The summed E-state index contributed by atoms with van der Waals surface area (Å²) >= 11 is 1.42. The maximum atomic E-state index is 5.59. The lowest BCUT2D eigenvalue weighted by Gasteiger charge is -2.45. The summed E-state index contributed by atoms with van der Waals surface area (Å²) in [5.74, 6) is 1.19. The zero-order valence-corrected chi connectivity index (χ0v) is 11.0. The molecule has 5 nitrogen and oxygen atoms in total. The van der Waals surface area contributed by atoms with E-state index < -0.39 is 0 Å². The van der Waals surface area contributed by atoms with E-state index in [1.54, 1.807) is 0 Å². The molecule has 0 aromatic carbocycles. The van der Waals surface area contributed by atoms with Crippen molar-refractivity contribution in [1.29, 1.82) is 0 Å². The van der Waals surface area contributed by atoms with E-state index in [2.05, 4.69) is 26.2 Å². The fraction of sp³-hybridized carbons (Fsp3) is 0.818. The molecule has 1 aromatic heterocycles. The van der Waals surface area contributed by atoms with Crippen LogP contribution in [0, 0.1) is 5.92 Å². The highest BCUT2D eigenvalue weighted by Crippen LogP contribution is 2.32. The van der Waals surface area contributed by atoms with Gasteiger partial charge in [-0.3, -0.25) is 0 Å². The minimum Gasteiger partial charge on any atom is -0.367 e. The molecule has 1 aromatic rings. The van der Waals surface area contributed by atoms with Gasteiger partial charge in [0, 0.05) is 30.7 Å². The SMILES string of the molecule is CN1CCCC2CN(c3nc(N)ns3)CCC21. The second-order valence-corrected chi connectivity index (χ2v) is 5.85. The van der Waals surface area contributed by atoms with Crippen LogP contribution in [0.1, 0.15) is 19.3 Å². The standard InChI is InChI=1S/C11H19N5S/c1-15-5-2-3-8-7-16(6-4-9(8)15)11-13-10(12)14-17-11/h8-9H,2-7H2,1H3,(H2,12,14). The first-order valence-electron chi connectivity index (χ1n) is 6.28. The van der Waals surface area contributed by atoms with E-state index >= 15 is 0 Å². The third-order valence-corrected chi connectivity index (χ3v) is 4.84. The second kappa shape index (κ2) is 4.42. The summed E-state index contributed by atoms with van der Waals surface area (Å²) in [5.41, 5.74) is 5.59. The summed E-state index contributed by atoms with van der Waals surface area (Å²) in [6.45, 7) is 3.46. The second-order valence-electron chi connectivity index (χ2n) is 5.12. The highest BCUT2D eigenvalue weighted by molar-refractivity contribution is 7.09. The van der Waals surface area contributed by atoms with Crippen molar-refractivity contribution in [3.63, 3.8) is 0 Å². The molecule has 0 saturated carbocycles. The molecule has 0 radical (unpaired) electrons. The van der Waals surface area contributed by atoms with Crippen molar-refractivity contribution in [3.8, 4) is 0 Å². The molecule has 2 aliphatic rings. The Hall–Kier alpha value is -0.880. The van der Waals surface area contributed by atoms with Gasteiger partial charge < -0.3 is 15.5 Å². The molecule has 0 aliphatic carbocycles. The number of nitrogen functional groups attached to an aromatic ring is 1. The van der Waals surface area contributed by atoms with E-state index in [4.69, 9.17) is 5.73 Å². The molecule has 2 saturated heterocycles. The van der Waals surface area contributed by atoms with Gasteiger partial charge in [-0.25, -0.2) is 0 Å². The summed E-state index contributed by atoms with van der Waals surface area (Å²) in [6.07, 6.45) is 3.91. The minimum atomic E-state index is 0.410. The summed E-state index contributed by atoms with van der Waals surface area (Å²) in [6, 6.07) is 0.769.